The number of imidazole rings is 1. The minimum Gasteiger partial charge on any atom is -0.340 e. The first-order chi connectivity index (χ1) is 13.6. The largest absolute Gasteiger partial charge is 0.340 e. The summed E-state index contributed by atoms with van der Waals surface area (Å²) in [5.74, 6) is 1.05. The third-order valence-electron chi connectivity index (χ3n) is 5.21. The molecule has 4 rings (SSSR count). The number of fused-ring (bicyclic) bond motifs is 1. The Morgan fingerprint density at radius 1 is 1.14 bits per heavy atom. The van der Waals surface area contributed by atoms with Crippen LogP contribution in [-0.2, 0) is 24.3 Å². The van der Waals surface area contributed by atoms with Crippen LogP contribution in [-0.4, -0.2) is 45.8 Å². The van der Waals surface area contributed by atoms with Crippen LogP contribution in [0.15, 0.2) is 54.6 Å². The Morgan fingerprint density at radius 2 is 1.89 bits per heavy atom. The normalized spacial score (nSPS) is 13.6. The van der Waals surface area contributed by atoms with Crippen LogP contribution in [0.5, 0.6) is 0 Å². The van der Waals surface area contributed by atoms with Crippen LogP contribution in [0.25, 0.3) is 11.4 Å². The van der Waals surface area contributed by atoms with Crippen molar-refractivity contribution >= 4 is 5.91 Å². The predicted molar refractivity (Wildman–Crippen MR) is 111 cm³/mol. The van der Waals surface area contributed by atoms with Gasteiger partial charge in [-0.1, -0.05) is 60.2 Å². The van der Waals surface area contributed by atoms with E-state index in [1.165, 1.54) is 11.1 Å². The number of benzene rings is 2. The number of amides is 1. The number of aromatic amines is 1. The number of H-pyrrole nitrogens is 1. The van der Waals surface area contributed by atoms with Crippen molar-refractivity contribution in [2.75, 3.05) is 20.1 Å². The van der Waals surface area contributed by atoms with E-state index in [0.29, 0.717) is 13.1 Å². The zero-order valence-electron chi connectivity index (χ0n) is 16.5. The second kappa shape index (κ2) is 7.98. The van der Waals surface area contributed by atoms with E-state index in [1.807, 2.05) is 42.3 Å². The first-order valence-electron chi connectivity index (χ1n) is 9.73. The van der Waals surface area contributed by atoms with E-state index in [2.05, 4.69) is 41.1 Å². The molecule has 0 saturated heterocycles. The number of aryl methyl sites for hydroxylation is 1. The molecule has 2 aromatic carbocycles. The van der Waals surface area contributed by atoms with Gasteiger partial charge in [-0.05, 0) is 19.5 Å². The van der Waals surface area contributed by atoms with Gasteiger partial charge in [0.25, 0.3) is 0 Å². The molecule has 0 aliphatic carbocycles. The molecule has 1 aliphatic rings. The Hall–Kier alpha value is -2.92. The monoisotopic (exact) mass is 374 g/mol. The lowest BCUT2D eigenvalue weighted by Gasteiger charge is -2.28. The first-order valence-corrected chi connectivity index (χ1v) is 9.73. The number of hydrogen-bond acceptors (Lipinski definition) is 3. The summed E-state index contributed by atoms with van der Waals surface area (Å²) >= 11 is 0. The van der Waals surface area contributed by atoms with Gasteiger partial charge in [-0.25, -0.2) is 4.98 Å². The number of carbonyl (C=O) groups excluding carboxylic acids is 1. The van der Waals surface area contributed by atoms with Crippen LogP contribution in [0.4, 0.5) is 0 Å². The van der Waals surface area contributed by atoms with Crippen molar-refractivity contribution in [1.82, 2.24) is 19.8 Å². The highest BCUT2D eigenvalue weighted by Gasteiger charge is 2.24. The number of hydrogen-bond donors (Lipinski definition) is 1. The smallest absolute Gasteiger partial charge is 0.237 e. The minimum absolute atomic E-state index is 0.163. The number of nitrogens with one attached hydrogen (secondary N) is 1. The van der Waals surface area contributed by atoms with Gasteiger partial charge in [0, 0.05) is 25.1 Å². The molecular formula is C23H26N4O. The third-order valence-corrected chi connectivity index (χ3v) is 5.21. The van der Waals surface area contributed by atoms with Gasteiger partial charge in [-0.15, -0.1) is 0 Å². The van der Waals surface area contributed by atoms with Crippen LogP contribution in [0.3, 0.4) is 0 Å². The molecule has 0 spiro atoms. The fraction of sp³-hybridized carbons (Fsp3) is 0.304. The molecule has 0 fully saturated rings. The molecule has 144 valence electrons. The second-order valence-corrected chi connectivity index (χ2v) is 7.60. The van der Waals surface area contributed by atoms with Crippen molar-refractivity contribution in [2.45, 2.75) is 26.4 Å². The molecule has 5 heteroatoms. The van der Waals surface area contributed by atoms with Gasteiger partial charge in [0.1, 0.15) is 5.82 Å². The maximum absolute atomic E-state index is 12.8. The Balaban J connectivity index is 1.37. The Labute approximate surface area is 166 Å². The lowest BCUT2D eigenvalue weighted by atomic mass is 10.1. The van der Waals surface area contributed by atoms with Crippen molar-refractivity contribution in [2.24, 2.45) is 0 Å². The zero-order chi connectivity index (χ0) is 19.5. The van der Waals surface area contributed by atoms with Crippen molar-refractivity contribution in [3.8, 4) is 11.4 Å². The van der Waals surface area contributed by atoms with Gasteiger partial charge in [0.2, 0.25) is 5.91 Å². The predicted octanol–water partition coefficient (Wildman–Crippen LogP) is 3.40. The van der Waals surface area contributed by atoms with E-state index >= 15 is 0 Å². The summed E-state index contributed by atoms with van der Waals surface area (Å²) in [4.78, 5) is 24.9. The minimum atomic E-state index is 0.163. The van der Waals surface area contributed by atoms with Crippen LogP contribution < -0.4 is 0 Å². The molecule has 1 amide bonds. The van der Waals surface area contributed by atoms with Crippen molar-refractivity contribution in [3.63, 3.8) is 0 Å². The Morgan fingerprint density at radius 3 is 2.64 bits per heavy atom. The van der Waals surface area contributed by atoms with Crippen LogP contribution in [0, 0.1) is 6.92 Å². The summed E-state index contributed by atoms with van der Waals surface area (Å²) in [5, 5.41) is 0. The quantitative estimate of drug-likeness (QED) is 0.745. The maximum atomic E-state index is 12.8. The molecule has 1 aliphatic heterocycles. The Kier molecular flexibility index (Phi) is 5.26. The molecular weight excluding hydrogens is 348 g/mol. The van der Waals surface area contributed by atoms with E-state index in [0.717, 1.165) is 42.3 Å². The summed E-state index contributed by atoms with van der Waals surface area (Å²) < 4.78 is 0. The highest BCUT2D eigenvalue weighted by atomic mass is 16.2. The van der Waals surface area contributed by atoms with Gasteiger partial charge < -0.3 is 9.88 Å². The summed E-state index contributed by atoms with van der Waals surface area (Å²) in [6.07, 6.45) is 0.798. The zero-order valence-corrected chi connectivity index (χ0v) is 16.5. The van der Waals surface area contributed by atoms with Gasteiger partial charge in [-0.3, -0.25) is 9.69 Å². The molecule has 28 heavy (non-hydrogen) atoms. The number of likely N-dealkylation sites (N-methyl/N-ethyl adjacent to an activating group) is 1. The summed E-state index contributed by atoms with van der Waals surface area (Å²) in [6.45, 7) is 4.60. The fourth-order valence-corrected chi connectivity index (χ4v) is 3.63. The van der Waals surface area contributed by atoms with Crippen LogP contribution in [0.2, 0.25) is 0 Å². The van der Waals surface area contributed by atoms with Gasteiger partial charge in [0.05, 0.1) is 24.5 Å². The summed E-state index contributed by atoms with van der Waals surface area (Å²) in [7, 11) is 2.00. The van der Waals surface area contributed by atoms with E-state index in [9.17, 15) is 4.79 Å². The third kappa shape index (κ3) is 4.15. The van der Waals surface area contributed by atoms with Crippen molar-refractivity contribution in [1.29, 1.82) is 0 Å². The molecule has 5 nitrogen and oxygen atoms in total. The molecule has 3 aromatic rings. The highest BCUT2D eigenvalue weighted by molar-refractivity contribution is 5.78. The standard InChI is InChI=1S/C23H26N4O/c1-17-8-10-18(11-9-17)14-26(2)16-22(28)27-13-12-20-21(15-27)25-23(24-20)19-6-4-3-5-7-19/h3-11H,12-16H2,1-2H3,(H,24,25). The lowest BCUT2D eigenvalue weighted by molar-refractivity contribution is -0.133. The number of nitrogens with zero attached hydrogens (tertiary/aromatic N) is 3. The average molecular weight is 374 g/mol. The lowest BCUT2D eigenvalue weighted by Crippen LogP contribution is -2.41. The molecule has 1 N–H and O–H groups in total. The van der Waals surface area contributed by atoms with Crippen LogP contribution in [0.1, 0.15) is 22.5 Å². The van der Waals surface area contributed by atoms with E-state index in [-0.39, 0.29) is 5.91 Å². The van der Waals surface area contributed by atoms with Crippen LogP contribution >= 0.6 is 0 Å². The summed E-state index contributed by atoms with van der Waals surface area (Å²) in [5.41, 5.74) is 5.69. The van der Waals surface area contributed by atoms with Crippen molar-refractivity contribution in [3.05, 3.63) is 77.1 Å². The average Bonchev–Trinajstić information content (AvgIpc) is 3.14. The molecule has 0 saturated carbocycles. The maximum Gasteiger partial charge on any atom is 0.237 e. The van der Waals surface area contributed by atoms with Gasteiger partial charge in [0.15, 0.2) is 0 Å². The topological polar surface area (TPSA) is 52.2 Å². The van der Waals surface area contributed by atoms with E-state index in [4.69, 9.17) is 4.98 Å². The molecule has 0 radical (unpaired) electrons. The van der Waals surface area contributed by atoms with Gasteiger partial charge >= 0.3 is 0 Å². The first kappa shape index (κ1) is 18.4. The molecule has 0 bridgehead atoms. The Bertz CT molecular complexity index is 946. The fourth-order valence-electron chi connectivity index (χ4n) is 3.63. The van der Waals surface area contributed by atoms with E-state index in [1.54, 1.807) is 0 Å². The number of aromatic nitrogens is 2. The molecule has 2 heterocycles. The van der Waals surface area contributed by atoms with Gasteiger partial charge in [-0.2, -0.15) is 0 Å². The molecule has 0 unspecified atom stereocenters. The molecule has 0 atom stereocenters. The molecule has 1 aromatic heterocycles. The number of carbonyl (C=O) groups is 1. The van der Waals surface area contributed by atoms with Crippen molar-refractivity contribution < 1.29 is 4.79 Å². The van der Waals surface area contributed by atoms with E-state index < -0.39 is 0 Å². The highest BCUT2D eigenvalue weighted by Crippen LogP contribution is 2.22. The summed E-state index contributed by atoms with van der Waals surface area (Å²) in [6, 6.07) is 18.6. The number of rotatable bonds is 5. The SMILES string of the molecule is Cc1ccc(CN(C)CC(=O)N2CCc3nc(-c4ccccc4)[nH]c3C2)cc1. The second-order valence-electron chi connectivity index (χ2n) is 7.60.